The van der Waals surface area contributed by atoms with Gasteiger partial charge in [-0.05, 0) is 41.7 Å². The fraction of sp³-hybridized carbons (Fsp3) is 0.378. The molecule has 291 valence electrons. The lowest BCUT2D eigenvalue weighted by atomic mass is 10.0. The molecule has 10 N–H and O–H groups in total. The predicted octanol–water partition coefficient (Wildman–Crippen LogP) is -1.41. The minimum Gasteiger partial charge on any atom is -0.508 e. The molecular weight excluding hydrogens is 714 g/mol. The van der Waals surface area contributed by atoms with E-state index in [1.54, 1.807) is 18.5 Å². The summed E-state index contributed by atoms with van der Waals surface area (Å²) in [5.74, 6) is -4.72. The van der Waals surface area contributed by atoms with E-state index in [1.807, 2.05) is 32.0 Å². The van der Waals surface area contributed by atoms with Crippen LogP contribution >= 0.6 is 0 Å². The summed E-state index contributed by atoms with van der Waals surface area (Å²) in [6, 6.07) is 6.54. The normalized spacial score (nSPS) is 15.0. The lowest BCUT2D eigenvalue weighted by Crippen LogP contribution is -2.59. The average Bonchev–Trinajstić information content (AvgIpc) is 3.77. The van der Waals surface area contributed by atoms with Gasteiger partial charge < -0.3 is 47.5 Å². The van der Waals surface area contributed by atoms with Gasteiger partial charge in [-0.15, -0.1) is 0 Å². The summed E-state index contributed by atoms with van der Waals surface area (Å²) in [6.45, 7) is 2.27. The van der Waals surface area contributed by atoms with Crippen molar-refractivity contribution in [2.45, 2.75) is 69.7 Å². The Morgan fingerprint density at radius 3 is 2.16 bits per heavy atom. The standard InChI is InChI=1S/C37H44N9O9/c1-20(2)11-23(17-47)43-32(50)16-40-35(53)29(12-21-7-9-24(49)10-8-21)45-37(55)31(18-48)46-36(54)30(13-22-15-39-27-6-4-3-5-25(22)27)44-33(51)26(38)14-28-34(52)42-19-41-28/h3-10,15,19-20,23,26,29-31,39,48-49H,11-14,16,18,38H2,1-2H3,(H,40,53)(H,43,50)(H,44,51)(H,45,55)(H,46,54)/t23-,26-,29-,30-,31-/m0/s1. The summed E-state index contributed by atoms with van der Waals surface area (Å²) in [7, 11) is 0. The molecule has 4 rings (SSSR count). The molecule has 18 heteroatoms. The van der Waals surface area contributed by atoms with Gasteiger partial charge >= 0.3 is 0 Å². The number of phenolic OH excluding ortho intramolecular Hbond substituents is 1. The number of carbonyl (C=O) groups is 6. The van der Waals surface area contributed by atoms with E-state index < -0.39 is 78.8 Å². The van der Waals surface area contributed by atoms with Crippen LogP contribution in [0.3, 0.4) is 0 Å². The van der Waals surface area contributed by atoms with Crippen molar-refractivity contribution in [2.24, 2.45) is 21.6 Å². The number of fused-ring (bicyclic) bond motifs is 1. The number of aromatic nitrogens is 1. The highest BCUT2D eigenvalue weighted by atomic mass is 16.3. The van der Waals surface area contributed by atoms with Crippen LogP contribution in [0.2, 0.25) is 0 Å². The number of H-pyrrole nitrogens is 1. The summed E-state index contributed by atoms with van der Waals surface area (Å²) in [5.41, 5.74) is 7.93. The number of amides is 6. The number of rotatable bonds is 20. The number of hydrogen-bond acceptors (Lipinski definition) is 11. The van der Waals surface area contributed by atoms with E-state index in [1.165, 1.54) is 24.3 Å². The lowest BCUT2D eigenvalue weighted by molar-refractivity contribution is -0.134. The second-order valence-electron chi connectivity index (χ2n) is 13.3. The van der Waals surface area contributed by atoms with Crippen LogP contribution in [0.4, 0.5) is 0 Å². The minimum atomic E-state index is -1.62. The highest BCUT2D eigenvalue weighted by Gasteiger charge is 2.32. The first kappa shape index (κ1) is 41.5. The number of aliphatic hydroxyl groups is 1. The fourth-order valence-electron chi connectivity index (χ4n) is 5.69. The first-order valence-corrected chi connectivity index (χ1v) is 17.5. The van der Waals surface area contributed by atoms with Gasteiger partial charge in [-0.1, -0.05) is 44.2 Å². The van der Waals surface area contributed by atoms with E-state index in [0.29, 0.717) is 17.5 Å². The number of aromatic amines is 1. The van der Waals surface area contributed by atoms with E-state index in [4.69, 9.17) is 5.73 Å². The number of aliphatic hydroxyl groups excluding tert-OH is 1. The molecule has 0 fully saturated rings. The van der Waals surface area contributed by atoms with Gasteiger partial charge in [-0.25, -0.2) is 4.99 Å². The number of benzene rings is 2. The molecule has 1 aromatic heterocycles. The van der Waals surface area contributed by atoms with Crippen molar-refractivity contribution in [2.75, 3.05) is 13.2 Å². The Morgan fingerprint density at radius 1 is 0.855 bits per heavy atom. The van der Waals surface area contributed by atoms with Gasteiger partial charge in [0.2, 0.25) is 35.8 Å². The highest BCUT2D eigenvalue weighted by molar-refractivity contribution is 6.44. The topological polar surface area (TPSA) is 287 Å². The van der Waals surface area contributed by atoms with Crippen molar-refractivity contribution in [3.63, 3.8) is 0 Å². The molecule has 0 bridgehead atoms. The van der Waals surface area contributed by atoms with Gasteiger partial charge in [0, 0.05) is 36.4 Å². The van der Waals surface area contributed by atoms with Crippen molar-refractivity contribution in [3.05, 3.63) is 65.9 Å². The van der Waals surface area contributed by atoms with Crippen LogP contribution in [0.1, 0.15) is 37.8 Å². The molecule has 0 aliphatic carbocycles. The van der Waals surface area contributed by atoms with Gasteiger partial charge in [0.15, 0.2) is 0 Å². The monoisotopic (exact) mass is 758 g/mol. The molecule has 55 heavy (non-hydrogen) atoms. The zero-order valence-electron chi connectivity index (χ0n) is 30.2. The molecule has 6 amide bonds. The Labute approximate surface area is 315 Å². The highest BCUT2D eigenvalue weighted by Crippen LogP contribution is 2.19. The number of nitrogens with zero attached hydrogens (tertiary/aromatic N) is 2. The molecule has 0 saturated carbocycles. The van der Waals surface area contributed by atoms with Gasteiger partial charge in [-0.3, -0.25) is 33.6 Å². The van der Waals surface area contributed by atoms with Gasteiger partial charge in [-0.2, -0.15) is 4.99 Å². The van der Waals surface area contributed by atoms with Gasteiger partial charge in [0.05, 0.1) is 25.2 Å². The zero-order valence-corrected chi connectivity index (χ0v) is 30.2. The van der Waals surface area contributed by atoms with Crippen LogP contribution in [0.15, 0.2) is 64.7 Å². The number of aromatic hydroxyl groups is 1. The Morgan fingerprint density at radius 2 is 1.51 bits per heavy atom. The van der Waals surface area contributed by atoms with Crippen LogP contribution in [0, 0.1) is 5.92 Å². The molecule has 2 heterocycles. The van der Waals surface area contributed by atoms with Crippen molar-refractivity contribution in [1.82, 2.24) is 31.6 Å². The third-order valence-corrected chi connectivity index (χ3v) is 8.55. The second kappa shape index (κ2) is 19.7. The fourth-order valence-corrected chi connectivity index (χ4v) is 5.69. The van der Waals surface area contributed by atoms with Crippen LogP contribution in [0.25, 0.3) is 10.9 Å². The molecule has 0 unspecified atom stereocenters. The van der Waals surface area contributed by atoms with E-state index in [2.05, 4.69) is 41.6 Å². The van der Waals surface area contributed by atoms with Crippen molar-refractivity contribution >= 4 is 64.7 Å². The summed E-state index contributed by atoms with van der Waals surface area (Å²) < 4.78 is 0. The Balaban J connectivity index is 1.49. The maximum absolute atomic E-state index is 13.8. The van der Waals surface area contributed by atoms with Crippen molar-refractivity contribution < 1.29 is 43.8 Å². The largest absolute Gasteiger partial charge is 0.508 e. The molecule has 2 aromatic carbocycles. The van der Waals surface area contributed by atoms with E-state index in [0.717, 1.165) is 17.2 Å². The number of hydrogen-bond donors (Lipinski definition) is 9. The molecule has 1 aliphatic rings. The molecule has 1 aliphatic heterocycles. The molecule has 0 spiro atoms. The number of nitrogens with one attached hydrogen (secondary N) is 6. The number of carbonyl (C=O) groups excluding carboxylic acids is 7. The first-order chi connectivity index (χ1) is 26.3. The maximum atomic E-state index is 13.8. The van der Waals surface area contributed by atoms with E-state index >= 15 is 0 Å². The molecule has 3 aromatic rings. The van der Waals surface area contributed by atoms with Crippen LogP contribution < -0.4 is 32.3 Å². The third kappa shape index (κ3) is 12.1. The van der Waals surface area contributed by atoms with Gasteiger partial charge in [0.1, 0.15) is 35.9 Å². The average molecular weight is 759 g/mol. The molecule has 1 radical (unpaired) electrons. The number of para-hydroxylation sites is 1. The van der Waals surface area contributed by atoms with Crippen LogP contribution in [-0.4, -0.2) is 112 Å². The summed E-state index contributed by atoms with van der Waals surface area (Å²) in [5, 5.41) is 33.1. The number of aliphatic imine (C=N–C) groups is 2. The minimum absolute atomic E-state index is 0.0291. The summed E-state index contributed by atoms with van der Waals surface area (Å²) in [6.07, 6.45) is 4.33. The quantitative estimate of drug-likeness (QED) is 0.0649. The van der Waals surface area contributed by atoms with Gasteiger partial charge in [0.25, 0.3) is 5.91 Å². The lowest BCUT2D eigenvalue weighted by Gasteiger charge is -2.25. The summed E-state index contributed by atoms with van der Waals surface area (Å²) in [4.78, 5) is 100. The molecular formula is C37H44N9O9. The zero-order chi connectivity index (χ0) is 40.1. The number of nitrogens with two attached hydrogens (primary N) is 1. The Kier molecular flexibility index (Phi) is 14.9. The predicted molar refractivity (Wildman–Crippen MR) is 200 cm³/mol. The first-order valence-electron chi connectivity index (χ1n) is 17.5. The molecule has 0 saturated heterocycles. The second-order valence-corrected chi connectivity index (χ2v) is 13.3. The van der Waals surface area contributed by atoms with E-state index in [9.17, 15) is 43.8 Å². The Bertz CT molecular complexity index is 1940. The van der Waals surface area contributed by atoms with Crippen LogP contribution in [0.5, 0.6) is 5.75 Å². The van der Waals surface area contributed by atoms with Crippen molar-refractivity contribution in [1.29, 1.82) is 0 Å². The van der Waals surface area contributed by atoms with Crippen molar-refractivity contribution in [3.8, 4) is 5.75 Å². The van der Waals surface area contributed by atoms with E-state index in [-0.39, 0.29) is 36.6 Å². The molecule has 18 nitrogen and oxygen atoms in total. The third-order valence-electron chi connectivity index (χ3n) is 8.55. The summed E-state index contributed by atoms with van der Waals surface area (Å²) >= 11 is 0. The smallest absolute Gasteiger partial charge is 0.292 e. The molecule has 5 atom stereocenters. The maximum Gasteiger partial charge on any atom is 0.292 e. The number of phenols is 1. The SMILES string of the molecule is CC(C)C[C@@H]([C]=O)NC(=O)CNC(=O)[C@H](Cc1ccc(O)cc1)NC(=O)[C@H](CO)NC(=O)[C@H](Cc1c[nH]c2ccccc12)NC(=O)[C@@H](N)CC1=NC=NC1=O. The van der Waals surface area contributed by atoms with Crippen LogP contribution in [-0.2, 0) is 46.4 Å². The Hall–Kier alpha value is -6.27.